The van der Waals surface area contributed by atoms with Crippen LogP contribution in [0.15, 0.2) is 12.3 Å². The second kappa shape index (κ2) is 8.11. The molecule has 0 heterocycles. The van der Waals surface area contributed by atoms with Gasteiger partial charge in [0, 0.05) is 19.6 Å². The first-order chi connectivity index (χ1) is 6.28. The molecule has 13 heavy (non-hydrogen) atoms. The van der Waals surface area contributed by atoms with E-state index in [1.54, 1.807) is 0 Å². The maximum atomic E-state index is 2.40. The topological polar surface area (TPSA) is 6.48 Å². The van der Waals surface area contributed by atoms with E-state index in [0.717, 1.165) is 32.7 Å². The first-order valence-electron chi connectivity index (χ1n) is 5.41. The highest BCUT2D eigenvalue weighted by molar-refractivity contribution is 4.84. The molecule has 0 atom stereocenters. The van der Waals surface area contributed by atoms with Gasteiger partial charge < -0.3 is 9.80 Å². The zero-order chi connectivity index (χ0) is 10.1. The van der Waals surface area contributed by atoms with Gasteiger partial charge in [0.15, 0.2) is 0 Å². The van der Waals surface area contributed by atoms with Crippen molar-refractivity contribution >= 4 is 0 Å². The summed E-state index contributed by atoms with van der Waals surface area (Å²) in [5, 5.41) is 0. The molecule has 0 aliphatic carbocycles. The summed E-state index contributed by atoms with van der Waals surface area (Å²) in [5.74, 6) is 0. The van der Waals surface area contributed by atoms with Gasteiger partial charge in [-0.3, -0.25) is 0 Å². The second-order valence-corrected chi connectivity index (χ2v) is 3.09. The van der Waals surface area contributed by atoms with Crippen molar-refractivity contribution in [1.82, 2.24) is 9.80 Å². The molecule has 0 aromatic carbocycles. The molecule has 0 fully saturated rings. The highest BCUT2D eigenvalue weighted by Crippen LogP contribution is 1.91. The highest BCUT2D eigenvalue weighted by Gasteiger charge is 1.94. The lowest BCUT2D eigenvalue weighted by molar-refractivity contribution is 0.333. The Kier molecular flexibility index (Phi) is 7.80. The van der Waals surface area contributed by atoms with Crippen molar-refractivity contribution < 1.29 is 0 Å². The fourth-order valence-corrected chi connectivity index (χ4v) is 1.26. The number of rotatable bonds is 7. The first-order valence-corrected chi connectivity index (χ1v) is 5.41. The standard InChI is InChI=1S/C11H24N2/c1-5-12(6-2)10-9-11-13(7-3)8-4/h9-10H,5-8,11H2,1-4H3. The van der Waals surface area contributed by atoms with Crippen molar-refractivity contribution in [3.8, 4) is 0 Å². The van der Waals surface area contributed by atoms with Crippen LogP contribution in [0.25, 0.3) is 0 Å². The van der Waals surface area contributed by atoms with E-state index in [4.69, 9.17) is 0 Å². The molecule has 0 aliphatic heterocycles. The zero-order valence-electron chi connectivity index (χ0n) is 9.58. The minimum absolute atomic E-state index is 1.07. The van der Waals surface area contributed by atoms with Crippen molar-refractivity contribution in [1.29, 1.82) is 0 Å². The summed E-state index contributed by atoms with van der Waals surface area (Å²) in [4.78, 5) is 4.71. The van der Waals surface area contributed by atoms with Gasteiger partial charge in [0.2, 0.25) is 0 Å². The van der Waals surface area contributed by atoms with Gasteiger partial charge in [-0.25, -0.2) is 0 Å². The molecule has 78 valence electrons. The predicted octanol–water partition coefficient (Wildman–Crippen LogP) is 2.18. The van der Waals surface area contributed by atoms with Crippen molar-refractivity contribution in [3.63, 3.8) is 0 Å². The van der Waals surface area contributed by atoms with Crippen molar-refractivity contribution in [2.24, 2.45) is 0 Å². The predicted molar refractivity (Wildman–Crippen MR) is 59.8 cm³/mol. The minimum atomic E-state index is 1.07. The quantitative estimate of drug-likeness (QED) is 0.598. The Morgan fingerprint density at radius 1 is 0.846 bits per heavy atom. The largest absolute Gasteiger partial charge is 0.378 e. The van der Waals surface area contributed by atoms with E-state index < -0.39 is 0 Å². The molecule has 0 N–H and O–H groups in total. The monoisotopic (exact) mass is 184 g/mol. The lowest BCUT2D eigenvalue weighted by Gasteiger charge is -2.18. The summed E-state index contributed by atoms with van der Waals surface area (Å²) in [7, 11) is 0. The fourth-order valence-electron chi connectivity index (χ4n) is 1.26. The van der Waals surface area contributed by atoms with Crippen molar-refractivity contribution in [2.45, 2.75) is 27.7 Å². The maximum absolute atomic E-state index is 2.40. The molecule has 0 aromatic rings. The number of hydrogen-bond acceptors (Lipinski definition) is 2. The van der Waals surface area contributed by atoms with Gasteiger partial charge in [-0.05, 0) is 33.1 Å². The Morgan fingerprint density at radius 3 is 1.77 bits per heavy atom. The van der Waals surface area contributed by atoms with E-state index in [-0.39, 0.29) is 0 Å². The molecule has 2 heteroatoms. The third-order valence-electron chi connectivity index (χ3n) is 2.39. The van der Waals surface area contributed by atoms with E-state index in [9.17, 15) is 0 Å². The Bertz CT molecular complexity index is 124. The molecular formula is C11H24N2. The van der Waals surface area contributed by atoms with Gasteiger partial charge in [0.05, 0.1) is 0 Å². The summed E-state index contributed by atoms with van der Waals surface area (Å²) in [6, 6.07) is 0. The molecule has 0 aromatic heterocycles. The normalized spacial score (nSPS) is 11.5. The molecule has 0 saturated heterocycles. The Hall–Kier alpha value is -0.500. The van der Waals surface area contributed by atoms with E-state index in [0.29, 0.717) is 0 Å². The Morgan fingerprint density at radius 2 is 1.38 bits per heavy atom. The molecule has 0 radical (unpaired) electrons. The summed E-state index contributed by atoms with van der Waals surface area (Å²) >= 11 is 0. The Labute approximate surface area is 83.2 Å². The molecule has 0 saturated carbocycles. The van der Waals surface area contributed by atoms with E-state index in [1.165, 1.54) is 0 Å². The lowest BCUT2D eigenvalue weighted by atomic mass is 10.4. The average Bonchev–Trinajstić information content (AvgIpc) is 2.19. The Balaban J connectivity index is 3.70. The van der Waals surface area contributed by atoms with E-state index in [1.807, 2.05) is 0 Å². The van der Waals surface area contributed by atoms with Crippen LogP contribution in [0.5, 0.6) is 0 Å². The van der Waals surface area contributed by atoms with Gasteiger partial charge in [-0.15, -0.1) is 0 Å². The first kappa shape index (κ1) is 12.5. The highest BCUT2D eigenvalue weighted by atomic mass is 15.1. The molecule has 0 bridgehead atoms. The van der Waals surface area contributed by atoms with Gasteiger partial charge >= 0.3 is 0 Å². The number of hydrogen-bond donors (Lipinski definition) is 0. The summed E-state index contributed by atoms with van der Waals surface area (Å²) in [6.07, 6.45) is 4.46. The van der Waals surface area contributed by atoms with Crippen LogP contribution >= 0.6 is 0 Å². The van der Waals surface area contributed by atoms with Crippen LogP contribution in [0, 0.1) is 0 Å². The van der Waals surface area contributed by atoms with Crippen LogP contribution in [0.4, 0.5) is 0 Å². The van der Waals surface area contributed by atoms with Gasteiger partial charge in [-0.1, -0.05) is 19.9 Å². The summed E-state index contributed by atoms with van der Waals surface area (Å²) in [5.41, 5.74) is 0. The second-order valence-electron chi connectivity index (χ2n) is 3.09. The molecule has 2 nitrogen and oxygen atoms in total. The average molecular weight is 184 g/mol. The fraction of sp³-hybridized carbons (Fsp3) is 0.818. The van der Waals surface area contributed by atoms with Crippen LogP contribution in [-0.2, 0) is 0 Å². The van der Waals surface area contributed by atoms with Crippen LogP contribution in [0.3, 0.4) is 0 Å². The SMILES string of the molecule is CCN(C=CCN(CC)CC)CC. The van der Waals surface area contributed by atoms with Crippen molar-refractivity contribution in [2.75, 3.05) is 32.7 Å². The van der Waals surface area contributed by atoms with Gasteiger partial charge in [0.1, 0.15) is 0 Å². The summed E-state index contributed by atoms with van der Waals surface area (Å²) < 4.78 is 0. The number of nitrogens with zero attached hydrogens (tertiary/aromatic N) is 2. The third-order valence-corrected chi connectivity index (χ3v) is 2.39. The maximum Gasteiger partial charge on any atom is 0.0180 e. The smallest absolute Gasteiger partial charge is 0.0180 e. The molecule has 0 aliphatic rings. The summed E-state index contributed by atoms with van der Waals surface area (Å²) in [6.45, 7) is 14.3. The molecule has 0 unspecified atom stereocenters. The van der Waals surface area contributed by atoms with Gasteiger partial charge in [0.25, 0.3) is 0 Å². The van der Waals surface area contributed by atoms with Crippen molar-refractivity contribution in [3.05, 3.63) is 12.3 Å². The van der Waals surface area contributed by atoms with Gasteiger partial charge in [-0.2, -0.15) is 0 Å². The molecule has 0 rings (SSSR count). The van der Waals surface area contributed by atoms with Crippen LogP contribution in [0.1, 0.15) is 27.7 Å². The molecular weight excluding hydrogens is 160 g/mol. The number of likely N-dealkylation sites (N-methyl/N-ethyl adjacent to an activating group) is 1. The third kappa shape index (κ3) is 5.69. The van der Waals surface area contributed by atoms with Crippen LogP contribution < -0.4 is 0 Å². The van der Waals surface area contributed by atoms with E-state index in [2.05, 4.69) is 49.8 Å². The van der Waals surface area contributed by atoms with Crippen LogP contribution in [0.2, 0.25) is 0 Å². The lowest BCUT2D eigenvalue weighted by Crippen LogP contribution is -2.23. The molecule has 0 spiro atoms. The van der Waals surface area contributed by atoms with E-state index >= 15 is 0 Å². The molecule has 0 amide bonds. The minimum Gasteiger partial charge on any atom is -0.378 e. The van der Waals surface area contributed by atoms with Crippen LogP contribution in [-0.4, -0.2) is 42.5 Å². The zero-order valence-corrected chi connectivity index (χ0v) is 9.58.